The first kappa shape index (κ1) is 26.3. The van der Waals surface area contributed by atoms with Crippen molar-refractivity contribution in [1.82, 2.24) is 24.9 Å². The largest absolute Gasteiger partial charge is 0.433 e. The Balaban J connectivity index is 1.72. The van der Waals surface area contributed by atoms with E-state index in [0.717, 1.165) is 19.1 Å². The first-order valence-corrected chi connectivity index (χ1v) is 10.8. The summed E-state index contributed by atoms with van der Waals surface area (Å²) < 4.78 is 78.9. The minimum Gasteiger partial charge on any atom is -0.343 e. The molecule has 0 radical (unpaired) electrons. The number of alkyl halides is 6. The number of anilines is 3. The topological polar surface area (TPSA) is 112 Å². The fraction of sp³-hybridized carbons (Fsp3) is 0.167. The van der Waals surface area contributed by atoms with Crippen molar-refractivity contribution < 1.29 is 26.3 Å². The van der Waals surface area contributed by atoms with Gasteiger partial charge in [0, 0.05) is 17.4 Å². The van der Waals surface area contributed by atoms with Gasteiger partial charge < -0.3 is 10.6 Å². The van der Waals surface area contributed by atoms with Crippen LogP contribution in [0.2, 0.25) is 0 Å². The van der Waals surface area contributed by atoms with Crippen LogP contribution in [0.5, 0.6) is 0 Å². The Morgan fingerprint density at radius 2 is 1.55 bits per heavy atom. The first-order valence-electron chi connectivity index (χ1n) is 10.8. The summed E-state index contributed by atoms with van der Waals surface area (Å²) >= 11 is 0. The zero-order valence-corrected chi connectivity index (χ0v) is 19.3. The molecule has 0 aliphatic heterocycles. The Bertz CT molecular complexity index is 1480. The second kappa shape index (κ2) is 10.3. The van der Waals surface area contributed by atoms with Crippen LogP contribution < -0.4 is 10.6 Å². The van der Waals surface area contributed by atoms with E-state index < -0.39 is 30.0 Å². The summed E-state index contributed by atoms with van der Waals surface area (Å²) in [6.07, 6.45) is -7.94. The van der Waals surface area contributed by atoms with E-state index in [0.29, 0.717) is 22.5 Å². The maximum Gasteiger partial charge on any atom is 0.433 e. The molecule has 0 saturated carbocycles. The van der Waals surface area contributed by atoms with E-state index in [-0.39, 0.29) is 17.5 Å². The number of rotatable bonds is 6. The van der Waals surface area contributed by atoms with Gasteiger partial charge in [0.2, 0.25) is 11.9 Å². The fourth-order valence-corrected chi connectivity index (χ4v) is 3.11. The van der Waals surface area contributed by atoms with Gasteiger partial charge in [-0.15, -0.1) is 0 Å². The number of hydrogen-bond donors (Lipinski definition) is 2. The summed E-state index contributed by atoms with van der Waals surface area (Å²) in [5.41, 5.74) is 0.474. The molecule has 0 bridgehead atoms. The van der Waals surface area contributed by atoms with Crippen molar-refractivity contribution in [2.24, 2.45) is 0 Å². The van der Waals surface area contributed by atoms with Crippen LogP contribution in [0.3, 0.4) is 0 Å². The van der Waals surface area contributed by atoms with Gasteiger partial charge >= 0.3 is 12.4 Å². The van der Waals surface area contributed by atoms with Crippen LogP contribution in [-0.4, -0.2) is 37.1 Å². The maximum absolute atomic E-state index is 13.2. The van der Waals surface area contributed by atoms with Crippen molar-refractivity contribution >= 4 is 17.6 Å². The van der Waals surface area contributed by atoms with E-state index >= 15 is 0 Å². The molecule has 0 aliphatic rings. The lowest BCUT2D eigenvalue weighted by atomic mass is 10.1. The van der Waals surface area contributed by atoms with Gasteiger partial charge in [0.15, 0.2) is 5.82 Å². The summed E-state index contributed by atoms with van der Waals surface area (Å²) in [5.74, 6) is -1.15. The van der Waals surface area contributed by atoms with Gasteiger partial charge in [-0.05, 0) is 43.3 Å². The highest BCUT2D eigenvalue weighted by Crippen LogP contribution is 2.30. The van der Waals surface area contributed by atoms with E-state index in [1.807, 2.05) is 6.07 Å². The van der Waals surface area contributed by atoms with Gasteiger partial charge in [-0.25, -0.2) is 4.98 Å². The maximum atomic E-state index is 13.2. The predicted molar refractivity (Wildman–Crippen MR) is 125 cm³/mol. The number of benzene rings is 1. The van der Waals surface area contributed by atoms with E-state index in [2.05, 4.69) is 35.6 Å². The van der Waals surface area contributed by atoms with Gasteiger partial charge in [-0.3, -0.25) is 4.98 Å². The van der Waals surface area contributed by atoms with Gasteiger partial charge in [0.1, 0.15) is 17.4 Å². The molecule has 1 aromatic carbocycles. The van der Waals surface area contributed by atoms with Crippen molar-refractivity contribution in [3.63, 3.8) is 0 Å². The Morgan fingerprint density at radius 1 is 0.842 bits per heavy atom. The van der Waals surface area contributed by atoms with E-state index in [1.54, 1.807) is 30.3 Å². The molecule has 3 heterocycles. The Kier molecular flexibility index (Phi) is 7.11. The van der Waals surface area contributed by atoms with Crippen molar-refractivity contribution in [3.05, 3.63) is 72.1 Å². The molecule has 0 aliphatic carbocycles. The van der Waals surface area contributed by atoms with Gasteiger partial charge in [0.25, 0.3) is 0 Å². The Labute approximate surface area is 211 Å². The highest BCUT2D eigenvalue weighted by Gasteiger charge is 2.37. The van der Waals surface area contributed by atoms with Crippen LogP contribution in [0.25, 0.3) is 22.8 Å². The summed E-state index contributed by atoms with van der Waals surface area (Å²) in [6.45, 7) is 0.839. The number of hydrogen-bond acceptors (Lipinski definition) is 8. The summed E-state index contributed by atoms with van der Waals surface area (Å²) in [7, 11) is 0. The molecule has 1 atom stereocenters. The number of nitriles is 1. The molecular formula is C24H16F6N8. The first-order chi connectivity index (χ1) is 17.9. The van der Waals surface area contributed by atoms with Crippen LogP contribution in [-0.2, 0) is 6.18 Å². The average molecular weight is 530 g/mol. The molecule has 4 aromatic rings. The third kappa shape index (κ3) is 6.30. The van der Waals surface area contributed by atoms with E-state index in [9.17, 15) is 26.3 Å². The molecule has 3 aromatic heterocycles. The molecule has 0 saturated heterocycles. The third-order valence-corrected chi connectivity index (χ3v) is 5.07. The average Bonchev–Trinajstić information content (AvgIpc) is 2.88. The second-order valence-corrected chi connectivity index (χ2v) is 7.86. The zero-order valence-electron chi connectivity index (χ0n) is 19.3. The molecule has 0 amide bonds. The summed E-state index contributed by atoms with van der Waals surface area (Å²) in [6, 6.07) is 12.7. The molecule has 1 unspecified atom stereocenters. The van der Waals surface area contributed by atoms with E-state index in [1.165, 1.54) is 18.3 Å². The molecular weight excluding hydrogens is 514 g/mol. The Hall–Kier alpha value is -4.80. The lowest BCUT2D eigenvalue weighted by Crippen LogP contribution is -2.34. The third-order valence-electron chi connectivity index (χ3n) is 5.07. The predicted octanol–water partition coefficient (Wildman–Crippen LogP) is 5.99. The van der Waals surface area contributed by atoms with Crippen molar-refractivity contribution in [3.8, 4) is 28.8 Å². The molecule has 0 spiro atoms. The van der Waals surface area contributed by atoms with Crippen molar-refractivity contribution in [2.75, 3.05) is 10.6 Å². The molecule has 0 fully saturated rings. The minimum absolute atomic E-state index is 0.247. The number of halogens is 6. The second-order valence-electron chi connectivity index (χ2n) is 7.86. The quantitative estimate of drug-likeness (QED) is 0.292. The standard InChI is InChI=1S/C24H16F6N8/c1-13(23(25,26)27)33-21-36-20(17-3-2-4-19(35-17)24(28,29)30)37-22(38-21)34-16-9-10-32-18(11-16)15-7-5-14(12-31)6-8-15/h2-11,13H,1H3,(H2,32,33,34,36,37,38). The minimum atomic E-state index is -4.76. The molecule has 14 heteroatoms. The van der Waals surface area contributed by atoms with Crippen LogP contribution >= 0.6 is 0 Å². The Morgan fingerprint density at radius 3 is 2.21 bits per heavy atom. The molecule has 8 nitrogen and oxygen atoms in total. The van der Waals surface area contributed by atoms with Crippen LogP contribution in [0.15, 0.2) is 60.8 Å². The smallest absolute Gasteiger partial charge is 0.343 e. The van der Waals surface area contributed by atoms with Crippen LogP contribution in [0.4, 0.5) is 43.9 Å². The molecule has 4 rings (SSSR count). The van der Waals surface area contributed by atoms with Crippen molar-refractivity contribution in [2.45, 2.75) is 25.3 Å². The van der Waals surface area contributed by atoms with Gasteiger partial charge in [-0.1, -0.05) is 18.2 Å². The van der Waals surface area contributed by atoms with Gasteiger partial charge in [-0.2, -0.15) is 46.6 Å². The molecule has 38 heavy (non-hydrogen) atoms. The highest BCUT2D eigenvalue weighted by atomic mass is 19.4. The summed E-state index contributed by atoms with van der Waals surface area (Å²) in [4.78, 5) is 19.7. The SMILES string of the molecule is CC(Nc1nc(Nc2ccnc(-c3ccc(C#N)cc3)c2)nc(-c2cccc(C(F)(F)F)n2)n1)C(F)(F)F. The van der Waals surface area contributed by atoms with Crippen LogP contribution in [0.1, 0.15) is 18.2 Å². The number of aromatic nitrogens is 5. The number of nitrogens with one attached hydrogen (secondary N) is 2. The normalized spacial score (nSPS) is 12.5. The number of pyridine rings is 2. The molecule has 194 valence electrons. The number of nitrogens with zero attached hydrogens (tertiary/aromatic N) is 6. The zero-order chi connectivity index (χ0) is 27.5. The highest BCUT2D eigenvalue weighted by molar-refractivity contribution is 5.67. The van der Waals surface area contributed by atoms with E-state index in [4.69, 9.17) is 5.26 Å². The molecule has 2 N–H and O–H groups in total. The fourth-order valence-electron chi connectivity index (χ4n) is 3.11. The summed E-state index contributed by atoms with van der Waals surface area (Å²) in [5, 5.41) is 13.9. The lowest BCUT2D eigenvalue weighted by molar-refractivity contribution is -0.141. The lowest BCUT2D eigenvalue weighted by Gasteiger charge is -2.18. The van der Waals surface area contributed by atoms with Gasteiger partial charge in [0.05, 0.1) is 17.3 Å². The van der Waals surface area contributed by atoms with Crippen molar-refractivity contribution in [1.29, 1.82) is 5.26 Å². The monoisotopic (exact) mass is 530 g/mol. The van der Waals surface area contributed by atoms with Crippen LogP contribution in [0, 0.1) is 11.3 Å².